The molecule has 5 heteroatoms. The molecule has 1 aliphatic heterocycles. The predicted molar refractivity (Wildman–Crippen MR) is 93.7 cm³/mol. The summed E-state index contributed by atoms with van der Waals surface area (Å²) in [6, 6.07) is 10.9. The number of rotatable bonds is 3. The van der Waals surface area contributed by atoms with Crippen LogP contribution in [-0.2, 0) is 0 Å². The summed E-state index contributed by atoms with van der Waals surface area (Å²) in [4.78, 5) is 19.0. The molecule has 5 nitrogen and oxygen atoms in total. The zero-order valence-electron chi connectivity index (χ0n) is 13.3. The molecule has 1 saturated heterocycles. The molecule has 1 aromatic carbocycles. The average molecular weight is 310 g/mol. The van der Waals surface area contributed by atoms with Crippen LogP contribution < -0.4 is 16.0 Å². The van der Waals surface area contributed by atoms with E-state index in [0.717, 1.165) is 24.8 Å². The molecule has 0 atom stereocenters. The number of carbonyl (C=O) groups excluding carboxylic acids is 1. The van der Waals surface area contributed by atoms with Gasteiger partial charge in [-0.3, -0.25) is 4.79 Å². The van der Waals surface area contributed by atoms with Crippen LogP contribution in [0.2, 0.25) is 0 Å². The van der Waals surface area contributed by atoms with Crippen molar-refractivity contribution in [3.05, 3.63) is 48.2 Å². The van der Waals surface area contributed by atoms with Gasteiger partial charge in [-0.15, -0.1) is 0 Å². The first kappa shape index (κ1) is 15.3. The van der Waals surface area contributed by atoms with Gasteiger partial charge in [0.1, 0.15) is 5.82 Å². The van der Waals surface area contributed by atoms with Gasteiger partial charge in [0.15, 0.2) is 0 Å². The number of nitrogens with two attached hydrogens (primary N) is 1. The van der Waals surface area contributed by atoms with Crippen LogP contribution in [0.15, 0.2) is 42.6 Å². The van der Waals surface area contributed by atoms with Gasteiger partial charge in [0.05, 0.1) is 16.9 Å². The Kier molecular flexibility index (Phi) is 4.46. The number of nitrogen functional groups attached to an aromatic ring is 1. The van der Waals surface area contributed by atoms with E-state index in [1.807, 2.05) is 24.3 Å². The summed E-state index contributed by atoms with van der Waals surface area (Å²) in [7, 11) is 0. The van der Waals surface area contributed by atoms with Gasteiger partial charge in [0.2, 0.25) is 0 Å². The summed E-state index contributed by atoms with van der Waals surface area (Å²) in [5, 5.41) is 2.81. The highest BCUT2D eigenvalue weighted by Crippen LogP contribution is 2.22. The number of aromatic nitrogens is 1. The molecule has 0 spiro atoms. The van der Waals surface area contributed by atoms with E-state index in [-0.39, 0.29) is 5.91 Å². The minimum absolute atomic E-state index is 0.200. The molecule has 0 saturated carbocycles. The Morgan fingerprint density at radius 1 is 1.22 bits per heavy atom. The summed E-state index contributed by atoms with van der Waals surface area (Å²) in [5.74, 6) is 1.52. The Bertz CT molecular complexity index is 676. The maximum Gasteiger partial charge on any atom is 0.257 e. The molecule has 2 aromatic rings. The van der Waals surface area contributed by atoms with Gasteiger partial charge in [-0.1, -0.05) is 19.1 Å². The number of benzene rings is 1. The number of carbonyl (C=O) groups is 1. The van der Waals surface area contributed by atoms with Crippen molar-refractivity contribution in [2.45, 2.75) is 19.8 Å². The molecule has 1 amide bonds. The van der Waals surface area contributed by atoms with Gasteiger partial charge in [-0.25, -0.2) is 4.98 Å². The topological polar surface area (TPSA) is 71.2 Å². The van der Waals surface area contributed by atoms with Gasteiger partial charge in [-0.05, 0) is 43.0 Å². The van der Waals surface area contributed by atoms with E-state index in [0.29, 0.717) is 16.9 Å². The van der Waals surface area contributed by atoms with Crippen LogP contribution in [0.5, 0.6) is 0 Å². The zero-order valence-corrected chi connectivity index (χ0v) is 13.3. The number of hydrogen-bond donors (Lipinski definition) is 2. The molecule has 0 radical (unpaired) electrons. The number of amides is 1. The van der Waals surface area contributed by atoms with Crippen molar-refractivity contribution in [2.24, 2.45) is 5.92 Å². The lowest BCUT2D eigenvalue weighted by molar-refractivity contribution is 0.102. The normalized spacial score (nSPS) is 15.4. The molecule has 1 aliphatic rings. The molecule has 2 heterocycles. The molecule has 3 N–H and O–H groups in total. The van der Waals surface area contributed by atoms with Crippen LogP contribution in [0.3, 0.4) is 0 Å². The average Bonchev–Trinajstić information content (AvgIpc) is 2.58. The first-order valence-corrected chi connectivity index (χ1v) is 8.00. The van der Waals surface area contributed by atoms with E-state index in [1.165, 1.54) is 12.8 Å². The predicted octanol–water partition coefficient (Wildman–Crippen LogP) is 3.15. The van der Waals surface area contributed by atoms with Gasteiger partial charge >= 0.3 is 0 Å². The van der Waals surface area contributed by atoms with Crippen molar-refractivity contribution >= 4 is 23.1 Å². The fraction of sp³-hybridized carbons (Fsp3) is 0.333. The largest absolute Gasteiger partial charge is 0.397 e. The van der Waals surface area contributed by atoms with Crippen LogP contribution in [0, 0.1) is 5.92 Å². The number of nitrogens with one attached hydrogen (secondary N) is 1. The summed E-state index contributed by atoms with van der Waals surface area (Å²) < 4.78 is 0. The first-order chi connectivity index (χ1) is 11.1. The smallest absolute Gasteiger partial charge is 0.257 e. The zero-order chi connectivity index (χ0) is 16.2. The molecular formula is C18H22N4O. The van der Waals surface area contributed by atoms with E-state index in [9.17, 15) is 4.79 Å². The number of hydrogen-bond acceptors (Lipinski definition) is 4. The number of para-hydroxylation sites is 2. The van der Waals surface area contributed by atoms with Crippen LogP contribution in [0.25, 0.3) is 0 Å². The van der Waals surface area contributed by atoms with Gasteiger partial charge in [0, 0.05) is 19.3 Å². The summed E-state index contributed by atoms with van der Waals surface area (Å²) in [5.41, 5.74) is 7.54. The maximum absolute atomic E-state index is 12.3. The maximum atomic E-state index is 12.3. The number of pyridine rings is 1. The highest BCUT2D eigenvalue weighted by atomic mass is 16.1. The van der Waals surface area contributed by atoms with Gasteiger partial charge < -0.3 is 16.0 Å². The summed E-state index contributed by atoms with van der Waals surface area (Å²) in [6.07, 6.45) is 4.01. The standard InChI is InChI=1S/C18H22N4O/c1-13-8-10-22(11-9-13)17-7-6-14(12-20-17)18(23)21-16-5-3-2-4-15(16)19/h2-7,12-13H,8-11,19H2,1H3,(H,21,23). The third-order valence-electron chi connectivity index (χ3n) is 4.33. The van der Waals surface area contributed by atoms with Crippen molar-refractivity contribution in [1.82, 2.24) is 4.98 Å². The number of anilines is 3. The molecular weight excluding hydrogens is 288 g/mol. The van der Waals surface area contributed by atoms with E-state index in [1.54, 1.807) is 18.3 Å². The van der Waals surface area contributed by atoms with Crippen molar-refractivity contribution in [3.8, 4) is 0 Å². The highest BCUT2D eigenvalue weighted by molar-refractivity contribution is 6.05. The Morgan fingerprint density at radius 2 is 1.96 bits per heavy atom. The van der Waals surface area contributed by atoms with Crippen LogP contribution in [0.1, 0.15) is 30.1 Å². The Hall–Kier alpha value is -2.56. The van der Waals surface area contributed by atoms with Gasteiger partial charge in [-0.2, -0.15) is 0 Å². The summed E-state index contributed by atoms with van der Waals surface area (Å²) >= 11 is 0. The fourth-order valence-electron chi connectivity index (χ4n) is 2.75. The Balaban J connectivity index is 1.67. The minimum atomic E-state index is -0.200. The second-order valence-electron chi connectivity index (χ2n) is 6.12. The van der Waals surface area contributed by atoms with E-state index < -0.39 is 0 Å². The van der Waals surface area contributed by atoms with E-state index in [4.69, 9.17) is 5.73 Å². The Labute approximate surface area is 136 Å². The van der Waals surface area contributed by atoms with E-state index >= 15 is 0 Å². The lowest BCUT2D eigenvalue weighted by Crippen LogP contribution is -2.33. The number of nitrogens with zero attached hydrogens (tertiary/aromatic N) is 2. The molecule has 1 fully saturated rings. The molecule has 0 aliphatic carbocycles. The van der Waals surface area contributed by atoms with Crippen molar-refractivity contribution in [2.75, 3.05) is 29.0 Å². The second kappa shape index (κ2) is 6.69. The number of piperidine rings is 1. The quantitative estimate of drug-likeness (QED) is 0.854. The van der Waals surface area contributed by atoms with Crippen LogP contribution >= 0.6 is 0 Å². The third kappa shape index (κ3) is 3.62. The first-order valence-electron chi connectivity index (χ1n) is 8.00. The molecule has 1 aromatic heterocycles. The van der Waals surface area contributed by atoms with Crippen molar-refractivity contribution in [1.29, 1.82) is 0 Å². The second-order valence-corrected chi connectivity index (χ2v) is 6.12. The lowest BCUT2D eigenvalue weighted by Gasteiger charge is -2.31. The molecule has 3 rings (SSSR count). The van der Waals surface area contributed by atoms with Crippen LogP contribution in [-0.4, -0.2) is 24.0 Å². The van der Waals surface area contributed by atoms with Crippen molar-refractivity contribution in [3.63, 3.8) is 0 Å². The molecule has 23 heavy (non-hydrogen) atoms. The SMILES string of the molecule is CC1CCN(c2ccc(C(=O)Nc3ccccc3N)cn2)CC1. The van der Waals surface area contributed by atoms with Crippen molar-refractivity contribution < 1.29 is 4.79 Å². The minimum Gasteiger partial charge on any atom is -0.397 e. The fourth-order valence-corrected chi connectivity index (χ4v) is 2.75. The summed E-state index contributed by atoms with van der Waals surface area (Å²) in [6.45, 7) is 4.34. The molecule has 120 valence electrons. The van der Waals surface area contributed by atoms with E-state index in [2.05, 4.69) is 22.1 Å². The lowest BCUT2D eigenvalue weighted by atomic mass is 9.99. The molecule has 0 unspecified atom stereocenters. The monoisotopic (exact) mass is 310 g/mol. The highest BCUT2D eigenvalue weighted by Gasteiger charge is 2.17. The third-order valence-corrected chi connectivity index (χ3v) is 4.33. The molecule has 0 bridgehead atoms. The Morgan fingerprint density at radius 3 is 2.61 bits per heavy atom. The van der Waals surface area contributed by atoms with Gasteiger partial charge in [0.25, 0.3) is 5.91 Å². The van der Waals surface area contributed by atoms with Crippen LogP contribution in [0.4, 0.5) is 17.2 Å².